The number of para-hydroxylation sites is 1. The smallest absolute Gasteiger partial charge is 0.234 e. The van der Waals surface area contributed by atoms with Crippen molar-refractivity contribution >= 4 is 34.2 Å². The molecule has 0 atom stereocenters. The summed E-state index contributed by atoms with van der Waals surface area (Å²) in [6.45, 7) is 4.57. The van der Waals surface area contributed by atoms with E-state index in [4.69, 9.17) is 9.73 Å². The molecule has 2 aromatic carbocycles. The molecule has 2 aromatic rings. The minimum atomic E-state index is -0.0352. The van der Waals surface area contributed by atoms with Crippen molar-refractivity contribution < 1.29 is 9.53 Å². The number of amidine groups is 1. The Morgan fingerprint density at radius 1 is 1.07 bits per heavy atom. The van der Waals surface area contributed by atoms with Gasteiger partial charge < -0.3 is 15.0 Å². The summed E-state index contributed by atoms with van der Waals surface area (Å²) in [7, 11) is 0. The lowest BCUT2D eigenvalue weighted by atomic mass is 10.1. The zero-order valence-electron chi connectivity index (χ0n) is 16.3. The lowest BCUT2D eigenvalue weighted by molar-refractivity contribution is -0.113. The van der Waals surface area contributed by atoms with Crippen molar-refractivity contribution in [1.29, 1.82) is 0 Å². The highest BCUT2D eigenvalue weighted by atomic mass is 32.2. The number of anilines is 1. The van der Waals surface area contributed by atoms with Gasteiger partial charge in [0.15, 0.2) is 5.17 Å². The highest BCUT2D eigenvalue weighted by Crippen LogP contribution is 2.21. The number of likely N-dealkylation sites (tertiary alicyclic amines) is 1. The fraction of sp³-hybridized carbons (Fsp3) is 0.364. The van der Waals surface area contributed by atoms with Gasteiger partial charge in [-0.05, 0) is 62.6 Å². The molecule has 1 aliphatic heterocycles. The molecule has 0 aliphatic carbocycles. The molecule has 1 heterocycles. The number of ether oxygens (including phenoxy) is 1. The molecule has 1 fully saturated rings. The third-order valence-electron chi connectivity index (χ3n) is 4.39. The summed E-state index contributed by atoms with van der Waals surface area (Å²) in [5.74, 6) is 1.10. The molecule has 1 aliphatic rings. The topological polar surface area (TPSA) is 53.9 Å². The van der Waals surface area contributed by atoms with E-state index in [1.165, 1.54) is 31.0 Å². The molecule has 0 bridgehead atoms. The van der Waals surface area contributed by atoms with Crippen LogP contribution < -0.4 is 10.1 Å². The molecular formula is C22H27N3O2S. The van der Waals surface area contributed by atoms with Crippen LogP contribution in [0.1, 0.15) is 26.2 Å². The molecule has 0 radical (unpaired) electrons. The van der Waals surface area contributed by atoms with Crippen LogP contribution in [0.25, 0.3) is 0 Å². The molecule has 3 rings (SSSR count). The van der Waals surface area contributed by atoms with Crippen molar-refractivity contribution in [3.8, 4) is 5.75 Å². The molecule has 6 heteroatoms. The number of hydrogen-bond acceptors (Lipinski definition) is 4. The van der Waals surface area contributed by atoms with E-state index in [1.54, 1.807) is 0 Å². The molecule has 0 spiro atoms. The van der Waals surface area contributed by atoms with Crippen molar-refractivity contribution in [2.75, 3.05) is 30.8 Å². The Balaban J connectivity index is 1.60. The van der Waals surface area contributed by atoms with E-state index < -0.39 is 0 Å². The van der Waals surface area contributed by atoms with Crippen LogP contribution >= 0.6 is 11.8 Å². The number of piperidine rings is 1. The van der Waals surface area contributed by atoms with Crippen LogP contribution in [0.5, 0.6) is 5.75 Å². The summed E-state index contributed by atoms with van der Waals surface area (Å²) >= 11 is 1.50. The van der Waals surface area contributed by atoms with Gasteiger partial charge in [-0.3, -0.25) is 4.79 Å². The number of hydrogen-bond donors (Lipinski definition) is 1. The van der Waals surface area contributed by atoms with E-state index in [0.29, 0.717) is 12.4 Å². The first-order valence-corrected chi connectivity index (χ1v) is 10.8. The van der Waals surface area contributed by atoms with Crippen LogP contribution in [0.2, 0.25) is 0 Å². The van der Waals surface area contributed by atoms with Gasteiger partial charge in [0.25, 0.3) is 0 Å². The van der Waals surface area contributed by atoms with E-state index >= 15 is 0 Å². The minimum absolute atomic E-state index is 0.0352. The lowest BCUT2D eigenvalue weighted by Gasteiger charge is -2.29. The Labute approximate surface area is 171 Å². The monoisotopic (exact) mass is 397 g/mol. The highest BCUT2D eigenvalue weighted by molar-refractivity contribution is 8.14. The van der Waals surface area contributed by atoms with Gasteiger partial charge in [-0.25, -0.2) is 4.99 Å². The fourth-order valence-electron chi connectivity index (χ4n) is 3.02. The zero-order chi connectivity index (χ0) is 19.6. The number of carbonyl (C=O) groups excluding carboxylic acids is 1. The van der Waals surface area contributed by atoms with Crippen molar-refractivity contribution in [2.45, 2.75) is 26.2 Å². The predicted octanol–water partition coefficient (Wildman–Crippen LogP) is 4.93. The molecule has 0 aromatic heterocycles. The summed E-state index contributed by atoms with van der Waals surface area (Å²) in [6.07, 6.45) is 3.61. The van der Waals surface area contributed by atoms with E-state index in [2.05, 4.69) is 10.2 Å². The molecule has 1 saturated heterocycles. The summed E-state index contributed by atoms with van der Waals surface area (Å²) in [4.78, 5) is 19.5. The molecule has 1 N–H and O–H groups in total. The van der Waals surface area contributed by atoms with Crippen LogP contribution in [0.4, 0.5) is 11.4 Å². The summed E-state index contributed by atoms with van der Waals surface area (Å²) in [5, 5.41) is 3.87. The molecular weight excluding hydrogens is 370 g/mol. The second-order valence-corrected chi connectivity index (χ2v) is 7.51. The highest BCUT2D eigenvalue weighted by Gasteiger charge is 2.17. The average Bonchev–Trinajstić information content (AvgIpc) is 2.74. The molecule has 5 nitrogen and oxygen atoms in total. The second kappa shape index (κ2) is 10.8. The third kappa shape index (κ3) is 6.30. The average molecular weight is 398 g/mol. The Morgan fingerprint density at radius 3 is 2.46 bits per heavy atom. The standard InChI is InChI=1S/C22H27N3O2S/c1-2-27-20-13-11-19(12-14-20)23-21(26)17-28-22(25-15-7-4-8-16-25)24-18-9-5-3-6-10-18/h3,5-6,9-14H,2,4,7-8,15-17H2,1H3,(H,23,26). The maximum atomic E-state index is 12.4. The number of rotatable bonds is 6. The molecule has 0 saturated carbocycles. The Morgan fingerprint density at radius 2 is 1.79 bits per heavy atom. The minimum Gasteiger partial charge on any atom is -0.494 e. The zero-order valence-corrected chi connectivity index (χ0v) is 17.1. The number of nitrogens with one attached hydrogen (secondary N) is 1. The van der Waals surface area contributed by atoms with Gasteiger partial charge in [0.05, 0.1) is 18.0 Å². The van der Waals surface area contributed by atoms with Gasteiger partial charge in [-0.2, -0.15) is 0 Å². The first-order chi connectivity index (χ1) is 13.7. The number of aliphatic imine (C=N–C) groups is 1. The number of amides is 1. The number of thioether (sulfide) groups is 1. The summed E-state index contributed by atoms with van der Waals surface area (Å²) in [6, 6.07) is 17.4. The van der Waals surface area contributed by atoms with Gasteiger partial charge >= 0.3 is 0 Å². The number of benzene rings is 2. The van der Waals surface area contributed by atoms with E-state index in [9.17, 15) is 4.79 Å². The van der Waals surface area contributed by atoms with E-state index in [0.717, 1.165) is 35.4 Å². The van der Waals surface area contributed by atoms with Crippen molar-refractivity contribution in [3.05, 3.63) is 54.6 Å². The van der Waals surface area contributed by atoms with Gasteiger partial charge in [0.2, 0.25) is 5.91 Å². The quantitative estimate of drug-likeness (QED) is 0.555. The first-order valence-electron chi connectivity index (χ1n) is 9.79. The van der Waals surface area contributed by atoms with Crippen LogP contribution in [0, 0.1) is 0 Å². The second-order valence-electron chi connectivity index (χ2n) is 6.57. The van der Waals surface area contributed by atoms with E-state index in [1.807, 2.05) is 61.5 Å². The number of carbonyl (C=O) groups is 1. The first kappa shape index (κ1) is 20.3. The maximum absolute atomic E-state index is 12.4. The van der Waals surface area contributed by atoms with E-state index in [-0.39, 0.29) is 5.91 Å². The Kier molecular flexibility index (Phi) is 7.79. The predicted molar refractivity (Wildman–Crippen MR) is 118 cm³/mol. The van der Waals surface area contributed by atoms with Crippen LogP contribution in [-0.2, 0) is 4.79 Å². The Hall–Kier alpha value is -2.47. The van der Waals surface area contributed by atoms with Gasteiger partial charge in [-0.15, -0.1) is 0 Å². The molecule has 1 amide bonds. The lowest BCUT2D eigenvalue weighted by Crippen LogP contribution is -2.34. The van der Waals surface area contributed by atoms with Crippen molar-refractivity contribution in [2.24, 2.45) is 4.99 Å². The van der Waals surface area contributed by atoms with Crippen LogP contribution in [0.15, 0.2) is 59.6 Å². The normalized spacial score (nSPS) is 14.6. The molecule has 28 heavy (non-hydrogen) atoms. The Bertz CT molecular complexity index is 772. The van der Waals surface area contributed by atoms with Crippen molar-refractivity contribution in [1.82, 2.24) is 4.90 Å². The largest absolute Gasteiger partial charge is 0.494 e. The maximum Gasteiger partial charge on any atom is 0.234 e. The van der Waals surface area contributed by atoms with Crippen molar-refractivity contribution in [3.63, 3.8) is 0 Å². The molecule has 148 valence electrons. The van der Waals surface area contributed by atoms with Gasteiger partial charge in [-0.1, -0.05) is 30.0 Å². The SMILES string of the molecule is CCOc1ccc(NC(=O)CSC(=Nc2ccccc2)N2CCCCC2)cc1. The summed E-state index contributed by atoms with van der Waals surface area (Å²) in [5.41, 5.74) is 1.69. The van der Waals surface area contributed by atoms with Crippen LogP contribution in [0.3, 0.4) is 0 Å². The fourth-order valence-corrected chi connectivity index (χ4v) is 3.89. The summed E-state index contributed by atoms with van der Waals surface area (Å²) < 4.78 is 5.43. The third-order valence-corrected chi connectivity index (χ3v) is 5.40. The van der Waals surface area contributed by atoms with Gasteiger partial charge in [0.1, 0.15) is 5.75 Å². The number of nitrogens with zero attached hydrogens (tertiary/aromatic N) is 2. The molecule has 0 unspecified atom stereocenters. The van der Waals surface area contributed by atoms with Crippen LogP contribution in [-0.4, -0.2) is 41.4 Å². The van der Waals surface area contributed by atoms with Gasteiger partial charge in [0, 0.05) is 18.8 Å².